The molecule has 1 aromatic rings. The molecule has 1 aromatic carbocycles. The summed E-state index contributed by atoms with van der Waals surface area (Å²) in [5.41, 5.74) is 6.11. The van der Waals surface area contributed by atoms with E-state index >= 15 is 0 Å². The van der Waals surface area contributed by atoms with Crippen LogP contribution in [0.25, 0.3) is 0 Å². The van der Waals surface area contributed by atoms with Gasteiger partial charge in [-0.1, -0.05) is 6.07 Å². The zero-order valence-electron chi connectivity index (χ0n) is 7.95. The lowest BCUT2D eigenvalue weighted by Crippen LogP contribution is -2.21. The Morgan fingerprint density at radius 1 is 1.53 bits per heavy atom. The highest BCUT2D eigenvalue weighted by molar-refractivity contribution is 9.10. The van der Waals surface area contributed by atoms with E-state index in [1.54, 1.807) is 12.1 Å². The van der Waals surface area contributed by atoms with Crippen LogP contribution in [0.4, 0.5) is 4.39 Å². The minimum absolute atomic E-state index is 0.0956. The zero-order valence-corrected chi connectivity index (χ0v) is 9.54. The van der Waals surface area contributed by atoms with Crippen molar-refractivity contribution >= 4 is 15.9 Å². The third-order valence-electron chi connectivity index (χ3n) is 2.23. The van der Waals surface area contributed by atoms with Crippen molar-refractivity contribution in [2.45, 2.75) is 12.4 Å². The topological polar surface area (TPSA) is 44.5 Å². The van der Waals surface area contributed by atoms with Gasteiger partial charge in [0.2, 0.25) is 0 Å². The summed E-state index contributed by atoms with van der Waals surface area (Å²) in [6, 6.07) is 4.79. The molecule has 82 valence electrons. The van der Waals surface area contributed by atoms with Crippen LogP contribution >= 0.6 is 15.9 Å². The van der Waals surface area contributed by atoms with Gasteiger partial charge in [0.25, 0.3) is 0 Å². The second kappa shape index (κ2) is 4.57. The van der Waals surface area contributed by atoms with Crippen molar-refractivity contribution in [2.24, 2.45) is 5.73 Å². The van der Waals surface area contributed by atoms with E-state index in [1.807, 2.05) is 0 Å². The summed E-state index contributed by atoms with van der Waals surface area (Å²) < 4.78 is 24.5. The van der Waals surface area contributed by atoms with Gasteiger partial charge in [-0.3, -0.25) is 0 Å². The fourth-order valence-electron chi connectivity index (χ4n) is 1.41. The summed E-state index contributed by atoms with van der Waals surface area (Å²) in [4.78, 5) is 0. The molecule has 2 N–H and O–H groups in total. The first-order chi connectivity index (χ1) is 7.20. The van der Waals surface area contributed by atoms with Gasteiger partial charge in [-0.2, -0.15) is 0 Å². The van der Waals surface area contributed by atoms with E-state index in [1.165, 1.54) is 6.07 Å². The first-order valence-electron chi connectivity index (χ1n) is 4.63. The van der Waals surface area contributed by atoms with Gasteiger partial charge in [-0.05, 0) is 28.1 Å². The number of benzene rings is 1. The molecule has 0 radical (unpaired) electrons. The molecule has 1 aliphatic rings. The van der Waals surface area contributed by atoms with Crippen LogP contribution in [0.15, 0.2) is 22.7 Å². The Morgan fingerprint density at radius 3 is 2.93 bits per heavy atom. The quantitative estimate of drug-likeness (QED) is 0.898. The third-order valence-corrected chi connectivity index (χ3v) is 2.87. The van der Waals surface area contributed by atoms with E-state index in [4.69, 9.17) is 15.2 Å². The minimum Gasteiger partial charge on any atom is -0.346 e. The van der Waals surface area contributed by atoms with Crippen LogP contribution in [-0.2, 0) is 9.47 Å². The molecule has 0 amide bonds. The van der Waals surface area contributed by atoms with Crippen LogP contribution in [-0.4, -0.2) is 19.3 Å². The smallest absolute Gasteiger partial charge is 0.184 e. The van der Waals surface area contributed by atoms with Crippen LogP contribution < -0.4 is 5.73 Å². The van der Waals surface area contributed by atoms with Crippen molar-refractivity contribution in [2.75, 3.05) is 13.2 Å². The van der Waals surface area contributed by atoms with Gasteiger partial charge >= 0.3 is 0 Å². The number of hydrogen-bond donors (Lipinski definition) is 1. The van der Waals surface area contributed by atoms with Crippen molar-refractivity contribution in [1.29, 1.82) is 0 Å². The lowest BCUT2D eigenvalue weighted by molar-refractivity contribution is -0.0587. The van der Waals surface area contributed by atoms with Gasteiger partial charge in [-0.15, -0.1) is 0 Å². The fraction of sp³-hybridized carbons (Fsp3) is 0.400. The molecule has 15 heavy (non-hydrogen) atoms. The van der Waals surface area contributed by atoms with Crippen molar-refractivity contribution in [3.8, 4) is 0 Å². The minimum atomic E-state index is -0.499. The van der Waals surface area contributed by atoms with Gasteiger partial charge < -0.3 is 15.2 Å². The van der Waals surface area contributed by atoms with E-state index in [2.05, 4.69) is 15.9 Å². The number of hydrogen-bond acceptors (Lipinski definition) is 3. The highest BCUT2D eigenvalue weighted by Crippen LogP contribution is 2.28. The fourth-order valence-corrected chi connectivity index (χ4v) is 1.65. The van der Waals surface area contributed by atoms with Gasteiger partial charge in [0.05, 0.1) is 17.2 Å². The maximum Gasteiger partial charge on any atom is 0.184 e. The molecule has 5 heteroatoms. The van der Waals surface area contributed by atoms with Gasteiger partial charge in [0.15, 0.2) is 6.29 Å². The first-order valence-corrected chi connectivity index (χ1v) is 5.42. The van der Waals surface area contributed by atoms with Crippen molar-refractivity contribution in [3.63, 3.8) is 0 Å². The summed E-state index contributed by atoms with van der Waals surface area (Å²) in [5, 5.41) is 0. The molecule has 2 unspecified atom stereocenters. The summed E-state index contributed by atoms with van der Waals surface area (Å²) >= 11 is 3.09. The maximum absolute atomic E-state index is 13.2. The molecule has 0 aliphatic carbocycles. The lowest BCUT2D eigenvalue weighted by atomic mass is 10.2. The van der Waals surface area contributed by atoms with Crippen molar-refractivity contribution < 1.29 is 13.9 Å². The van der Waals surface area contributed by atoms with Gasteiger partial charge in [-0.25, -0.2) is 4.39 Å². The largest absolute Gasteiger partial charge is 0.346 e. The van der Waals surface area contributed by atoms with E-state index in [0.717, 1.165) is 0 Å². The van der Waals surface area contributed by atoms with Crippen molar-refractivity contribution in [1.82, 2.24) is 0 Å². The van der Waals surface area contributed by atoms with Crippen LogP contribution in [0.1, 0.15) is 11.9 Å². The molecule has 2 atom stereocenters. The molecule has 0 saturated carbocycles. The predicted octanol–water partition coefficient (Wildman–Crippen LogP) is 1.96. The summed E-state index contributed by atoms with van der Waals surface area (Å²) in [7, 11) is 0. The molecular weight excluding hydrogens is 265 g/mol. The molecule has 0 spiro atoms. The van der Waals surface area contributed by atoms with Crippen LogP contribution in [0.5, 0.6) is 0 Å². The average molecular weight is 276 g/mol. The second-order valence-electron chi connectivity index (χ2n) is 3.33. The molecule has 0 aromatic heterocycles. The van der Waals surface area contributed by atoms with Crippen LogP contribution in [0.3, 0.4) is 0 Å². The van der Waals surface area contributed by atoms with E-state index in [0.29, 0.717) is 23.2 Å². The van der Waals surface area contributed by atoms with E-state index < -0.39 is 6.29 Å². The van der Waals surface area contributed by atoms with Crippen molar-refractivity contribution in [3.05, 3.63) is 34.1 Å². The Bertz CT molecular complexity index is 361. The molecule has 1 heterocycles. The predicted molar refractivity (Wildman–Crippen MR) is 56.7 cm³/mol. The maximum atomic E-state index is 13.2. The van der Waals surface area contributed by atoms with Crippen LogP contribution in [0.2, 0.25) is 0 Å². The highest BCUT2D eigenvalue weighted by Gasteiger charge is 2.26. The Balaban J connectivity index is 2.13. The summed E-state index contributed by atoms with van der Waals surface area (Å²) in [5.74, 6) is -0.323. The normalized spacial score (nSPS) is 25.8. The average Bonchev–Trinajstić information content (AvgIpc) is 2.70. The molecule has 1 aliphatic heterocycles. The zero-order chi connectivity index (χ0) is 10.8. The number of halogens is 2. The number of rotatable bonds is 2. The summed E-state index contributed by atoms with van der Waals surface area (Å²) in [6.45, 7) is 0.869. The lowest BCUT2D eigenvalue weighted by Gasteiger charge is -2.11. The molecule has 1 fully saturated rings. The monoisotopic (exact) mass is 275 g/mol. The molecule has 1 saturated heterocycles. The van der Waals surface area contributed by atoms with Gasteiger partial charge in [0.1, 0.15) is 5.82 Å². The summed E-state index contributed by atoms with van der Waals surface area (Å²) in [6.07, 6.45) is -0.595. The Hall–Kier alpha value is -0.490. The molecule has 0 bridgehead atoms. The van der Waals surface area contributed by atoms with Crippen LogP contribution in [0, 0.1) is 5.82 Å². The standard InChI is InChI=1S/C10H11BrFNO2/c11-8-2-1-6(3-9(8)12)10-14-5-7(4-13)15-10/h1-3,7,10H,4-5,13H2. The number of nitrogens with two attached hydrogens (primary N) is 1. The second-order valence-corrected chi connectivity index (χ2v) is 4.19. The van der Waals surface area contributed by atoms with Gasteiger partial charge in [0, 0.05) is 12.1 Å². The molecule has 3 nitrogen and oxygen atoms in total. The third kappa shape index (κ3) is 2.36. The Morgan fingerprint density at radius 2 is 2.33 bits per heavy atom. The Kier molecular flexibility index (Phi) is 3.35. The first kappa shape index (κ1) is 11.0. The highest BCUT2D eigenvalue weighted by atomic mass is 79.9. The molecular formula is C10H11BrFNO2. The van der Waals surface area contributed by atoms with E-state index in [9.17, 15) is 4.39 Å². The SMILES string of the molecule is NCC1COC(c2ccc(Br)c(F)c2)O1. The molecule has 2 rings (SSSR count). The Labute approximate surface area is 95.5 Å². The van der Waals surface area contributed by atoms with E-state index in [-0.39, 0.29) is 11.9 Å². The number of ether oxygens (including phenoxy) is 2.